The lowest BCUT2D eigenvalue weighted by Gasteiger charge is -2.08. The number of nitrogens with one attached hydrogen (secondary N) is 2. The quantitative estimate of drug-likeness (QED) is 0.532. The molecule has 0 radical (unpaired) electrons. The highest BCUT2D eigenvalue weighted by molar-refractivity contribution is 7.80. The third kappa shape index (κ3) is 3.70. The smallest absolute Gasteiger partial charge is 0.293 e. The molecule has 0 unspecified atom stereocenters. The molecule has 2 aromatic heterocycles. The van der Waals surface area contributed by atoms with Crippen molar-refractivity contribution in [1.29, 1.82) is 0 Å². The van der Waals surface area contributed by atoms with E-state index in [-0.39, 0.29) is 10.9 Å². The Labute approximate surface area is 160 Å². The van der Waals surface area contributed by atoms with Gasteiger partial charge >= 0.3 is 0 Å². The lowest BCUT2D eigenvalue weighted by atomic mass is 10.2. The molecule has 2 aromatic carbocycles. The van der Waals surface area contributed by atoms with Crippen LogP contribution in [0.2, 0.25) is 0 Å². The summed E-state index contributed by atoms with van der Waals surface area (Å²) in [5.41, 5.74) is 4.22. The van der Waals surface area contributed by atoms with Crippen LogP contribution in [0.15, 0.2) is 65.3 Å². The minimum Gasteiger partial charge on any atom is -0.459 e. The SMILES string of the molecule is Cc1ccc(-n2nc3ccc(NC(=S)NC(=O)c4ccco4)cc3n2)cc1. The Morgan fingerprint density at radius 3 is 2.59 bits per heavy atom. The molecule has 4 aromatic rings. The van der Waals surface area contributed by atoms with Crippen LogP contribution in [0.25, 0.3) is 16.7 Å². The van der Waals surface area contributed by atoms with E-state index in [1.54, 1.807) is 16.9 Å². The molecule has 1 amide bonds. The van der Waals surface area contributed by atoms with E-state index in [0.29, 0.717) is 11.2 Å². The number of aromatic nitrogens is 3. The zero-order valence-corrected chi connectivity index (χ0v) is 15.2. The predicted octanol–water partition coefficient (Wildman–Crippen LogP) is 3.45. The number of anilines is 1. The highest BCUT2D eigenvalue weighted by Crippen LogP contribution is 2.18. The first-order valence-corrected chi connectivity index (χ1v) is 8.59. The molecule has 2 N–H and O–H groups in total. The number of benzene rings is 2. The summed E-state index contributed by atoms with van der Waals surface area (Å²) in [5.74, 6) is -0.223. The number of amides is 1. The first kappa shape index (κ1) is 16.9. The van der Waals surface area contributed by atoms with Crippen LogP contribution in [0.4, 0.5) is 5.69 Å². The third-order valence-electron chi connectivity index (χ3n) is 3.88. The molecule has 8 heteroatoms. The van der Waals surface area contributed by atoms with Gasteiger partial charge in [0, 0.05) is 5.69 Å². The lowest BCUT2D eigenvalue weighted by molar-refractivity contribution is 0.0950. The zero-order valence-electron chi connectivity index (χ0n) is 14.3. The van der Waals surface area contributed by atoms with Crippen LogP contribution in [-0.4, -0.2) is 26.0 Å². The standard InChI is InChI=1S/C19H15N5O2S/c1-12-4-7-14(8-5-12)24-22-15-9-6-13(11-16(15)23-24)20-19(27)21-18(25)17-3-2-10-26-17/h2-11H,1H3,(H2,20,21,25,27). The van der Waals surface area contributed by atoms with Crippen molar-refractivity contribution < 1.29 is 9.21 Å². The van der Waals surface area contributed by atoms with Crippen LogP contribution < -0.4 is 10.6 Å². The number of nitrogens with zero attached hydrogens (tertiary/aromatic N) is 3. The van der Waals surface area contributed by atoms with Gasteiger partial charge in [-0.05, 0) is 61.6 Å². The van der Waals surface area contributed by atoms with E-state index in [0.717, 1.165) is 11.2 Å². The molecule has 0 spiro atoms. The Kier molecular flexibility index (Phi) is 4.39. The summed E-state index contributed by atoms with van der Waals surface area (Å²) in [6.07, 6.45) is 1.43. The number of hydrogen-bond donors (Lipinski definition) is 2. The van der Waals surface area contributed by atoms with E-state index < -0.39 is 5.91 Å². The largest absolute Gasteiger partial charge is 0.459 e. The van der Waals surface area contributed by atoms with Gasteiger partial charge in [0.2, 0.25) is 0 Å². The second-order valence-electron chi connectivity index (χ2n) is 5.91. The number of fused-ring (bicyclic) bond motifs is 1. The minimum absolute atomic E-state index is 0.168. The second kappa shape index (κ2) is 7.00. The number of carbonyl (C=O) groups excluding carboxylic acids is 1. The van der Waals surface area contributed by atoms with Gasteiger partial charge in [0.05, 0.1) is 12.0 Å². The highest BCUT2D eigenvalue weighted by atomic mass is 32.1. The van der Waals surface area contributed by atoms with Crippen LogP contribution >= 0.6 is 12.2 Å². The van der Waals surface area contributed by atoms with Crippen molar-refractivity contribution in [1.82, 2.24) is 20.3 Å². The van der Waals surface area contributed by atoms with Crippen molar-refractivity contribution in [3.05, 3.63) is 72.2 Å². The summed E-state index contributed by atoms with van der Waals surface area (Å²) in [7, 11) is 0. The van der Waals surface area contributed by atoms with Gasteiger partial charge in [-0.25, -0.2) is 0 Å². The fourth-order valence-electron chi connectivity index (χ4n) is 2.52. The molecular weight excluding hydrogens is 362 g/mol. The zero-order chi connectivity index (χ0) is 18.8. The normalized spacial score (nSPS) is 10.7. The van der Waals surface area contributed by atoms with Gasteiger partial charge < -0.3 is 9.73 Å². The van der Waals surface area contributed by atoms with E-state index in [1.807, 2.05) is 49.4 Å². The van der Waals surface area contributed by atoms with Gasteiger partial charge in [-0.15, -0.1) is 10.2 Å². The first-order chi connectivity index (χ1) is 13.1. The number of rotatable bonds is 3. The average Bonchev–Trinajstić information content (AvgIpc) is 3.31. The molecule has 0 atom stereocenters. The molecule has 0 bridgehead atoms. The Morgan fingerprint density at radius 1 is 1.07 bits per heavy atom. The van der Waals surface area contributed by atoms with Gasteiger partial charge in [-0.3, -0.25) is 10.1 Å². The minimum atomic E-state index is -0.413. The number of thiocarbonyl (C=S) groups is 1. The maximum atomic E-state index is 11.9. The van der Waals surface area contributed by atoms with Crippen molar-refractivity contribution in [2.24, 2.45) is 0 Å². The number of aryl methyl sites for hydroxylation is 1. The van der Waals surface area contributed by atoms with Crippen molar-refractivity contribution in [3.63, 3.8) is 0 Å². The molecular formula is C19H15N5O2S. The molecule has 0 fully saturated rings. The second-order valence-corrected chi connectivity index (χ2v) is 6.32. The van der Waals surface area contributed by atoms with Crippen LogP contribution in [0.1, 0.15) is 16.1 Å². The fraction of sp³-hybridized carbons (Fsp3) is 0.0526. The molecule has 134 valence electrons. The third-order valence-corrected chi connectivity index (χ3v) is 4.08. The molecule has 0 saturated carbocycles. The molecule has 0 aliphatic heterocycles. The number of carbonyl (C=O) groups is 1. The fourth-order valence-corrected chi connectivity index (χ4v) is 2.73. The summed E-state index contributed by atoms with van der Waals surface area (Å²) in [6, 6.07) is 16.6. The van der Waals surface area contributed by atoms with Crippen molar-refractivity contribution in [2.75, 3.05) is 5.32 Å². The maximum absolute atomic E-state index is 11.9. The Morgan fingerprint density at radius 2 is 1.85 bits per heavy atom. The van der Waals surface area contributed by atoms with Gasteiger partial charge in [0.15, 0.2) is 10.9 Å². The molecule has 27 heavy (non-hydrogen) atoms. The van der Waals surface area contributed by atoms with Crippen LogP contribution in [-0.2, 0) is 0 Å². The summed E-state index contributed by atoms with van der Waals surface area (Å²) < 4.78 is 5.04. The summed E-state index contributed by atoms with van der Waals surface area (Å²) in [5, 5.41) is 14.7. The van der Waals surface area contributed by atoms with Crippen molar-refractivity contribution in [2.45, 2.75) is 6.92 Å². The van der Waals surface area contributed by atoms with Crippen molar-refractivity contribution in [3.8, 4) is 5.69 Å². The van der Waals surface area contributed by atoms with Gasteiger partial charge in [0.1, 0.15) is 11.0 Å². The Bertz CT molecular complexity index is 1120. The van der Waals surface area contributed by atoms with Crippen molar-refractivity contribution >= 4 is 40.0 Å². The van der Waals surface area contributed by atoms with Crippen LogP contribution in [0.5, 0.6) is 0 Å². The molecule has 0 aliphatic rings. The highest BCUT2D eigenvalue weighted by Gasteiger charge is 2.11. The lowest BCUT2D eigenvalue weighted by Crippen LogP contribution is -2.33. The van der Waals surface area contributed by atoms with E-state index in [9.17, 15) is 4.79 Å². The maximum Gasteiger partial charge on any atom is 0.293 e. The van der Waals surface area contributed by atoms with Gasteiger partial charge in [-0.1, -0.05) is 17.7 Å². The Hall–Kier alpha value is -3.52. The van der Waals surface area contributed by atoms with E-state index >= 15 is 0 Å². The first-order valence-electron chi connectivity index (χ1n) is 8.18. The van der Waals surface area contributed by atoms with E-state index in [4.69, 9.17) is 16.6 Å². The van der Waals surface area contributed by atoms with Crippen LogP contribution in [0, 0.1) is 6.92 Å². The monoisotopic (exact) mass is 377 g/mol. The molecule has 0 aliphatic carbocycles. The van der Waals surface area contributed by atoms with E-state index in [2.05, 4.69) is 20.8 Å². The average molecular weight is 377 g/mol. The molecule has 7 nitrogen and oxygen atoms in total. The Balaban J connectivity index is 1.50. The molecule has 2 heterocycles. The number of furan rings is 1. The van der Waals surface area contributed by atoms with Gasteiger partial charge in [0.25, 0.3) is 5.91 Å². The summed E-state index contributed by atoms with van der Waals surface area (Å²) in [6.45, 7) is 2.03. The van der Waals surface area contributed by atoms with Gasteiger partial charge in [-0.2, -0.15) is 4.80 Å². The summed E-state index contributed by atoms with van der Waals surface area (Å²) >= 11 is 5.18. The summed E-state index contributed by atoms with van der Waals surface area (Å²) in [4.78, 5) is 13.5. The predicted molar refractivity (Wildman–Crippen MR) is 106 cm³/mol. The van der Waals surface area contributed by atoms with E-state index in [1.165, 1.54) is 11.8 Å². The van der Waals surface area contributed by atoms with Crippen LogP contribution in [0.3, 0.4) is 0 Å². The molecule has 0 saturated heterocycles. The number of hydrogen-bond acceptors (Lipinski definition) is 5. The molecule has 4 rings (SSSR count). The topological polar surface area (TPSA) is 85.0 Å².